The minimum Gasteiger partial charge on any atom is -0.397 e. The molecule has 0 radical (unpaired) electrons. The highest BCUT2D eigenvalue weighted by Gasteiger charge is 2.17. The number of amides is 1. The van der Waals surface area contributed by atoms with Gasteiger partial charge in [-0.2, -0.15) is 10.2 Å². The lowest BCUT2D eigenvalue weighted by Gasteiger charge is -2.00. The zero-order chi connectivity index (χ0) is 13.4. The quantitative estimate of drug-likeness (QED) is 0.733. The van der Waals surface area contributed by atoms with E-state index in [-0.39, 0.29) is 5.91 Å². The van der Waals surface area contributed by atoms with Crippen LogP contribution in [0.15, 0.2) is 24.7 Å². The monoisotopic (exact) mass is 274 g/mol. The number of carbonyl (C=O) groups is 1. The van der Waals surface area contributed by atoms with Crippen molar-refractivity contribution in [1.29, 1.82) is 0 Å². The fourth-order valence-electron chi connectivity index (χ4n) is 1.72. The van der Waals surface area contributed by atoms with Crippen LogP contribution in [-0.2, 0) is 7.05 Å². The Kier molecular flexibility index (Phi) is 2.64. The highest BCUT2D eigenvalue weighted by molar-refractivity contribution is 7.21. The third-order valence-electron chi connectivity index (χ3n) is 2.59. The number of hydrogen-bond acceptors (Lipinski definition) is 6. The molecule has 1 amide bonds. The number of thiophene rings is 1. The van der Waals surface area contributed by atoms with Crippen LogP contribution in [-0.4, -0.2) is 25.9 Å². The van der Waals surface area contributed by atoms with Crippen molar-refractivity contribution < 1.29 is 4.79 Å². The molecule has 0 bridgehead atoms. The smallest absolute Gasteiger partial charge is 0.268 e. The molecule has 7 nitrogen and oxygen atoms in total. The van der Waals surface area contributed by atoms with Crippen LogP contribution in [0.25, 0.3) is 10.2 Å². The summed E-state index contributed by atoms with van der Waals surface area (Å²) in [6.07, 6.45) is 4.83. The van der Waals surface area contributed by atoms with Gasteiger partial charge in [0.1, 0.15) is 9.71 Å². The van der Waals surface area contributed by atoms with Crippen LogP contribution in [0.3, 0.4) is 0 Å². The first kappa shape index (κ1) is 11.6. The summed E-state index contributed by atoms with van der Waals surface area (Å²) in [5, 5.41) is 15.2. The van der Waals surface area contributed by atoms with E-state index in [9.17, 15) is 4.79 Å². The Morgan fingerprint density at radius 3 is 3.05 bits per heavy atom. The first-order chi connectivity index (χ1) is 9.15. The van der Waals surface area contributed by atoms with Gasteiger partial charge in [0.05, 0.1) is 23.8 Å². The summed E-state index contributed by atoms with van der Waals surface area (Å²) in [4.78, 5) is 13.2. The lowest BCUT2D eigenvalue weighted by Crippen LogP contribution is -2.11. The second-order valence-electron chi connectivity index (χ2n) is 3.95. The van der Waals surface area contributed by atoms with Gasteiger partial charge in [0, 0.05) is 18.6 Å². The van der Waals surface area contributed by atoms with Gasteiger partial charge in [0.25, 0.3) is 5.91 Å². The van der Waals surface area contributed by atoms with Crippen LogP contribution in [0.4, 0.5) is 11.4 Å². The topological polar surface area (TPSA) is 98.7 Å². The maximum Gasteiger partial charge on any atom is 0.268 e. The lowest BCUT2D eigenvalue weighted by atomic mass is 10.3. The molecule has 0 aliphatic rings. The van der Waals surface area contributed by atoms with Crippen molar-refractivity contribution in [3.63, 3.8) is 0 Å². The lowest BCUT2D eigenvalue weighted by molar-refractivity contribution is 0.103. The predicted molar refractivity (Wildman–Crippen MR) is 73.0 cm³/mol. The van der Waals surface area contributed by atoms with Crippen LogP contribution in [0.2, 0.25) is 0 Å². The number of fused-ring (bicyclic) bond motifs is 1. The van der Waals surface area contributed by atoms with E-state index in [4.69, 9.17) is 5.73 Å². The fourth-order valence-corrected chi connectivity index (χ4v) is 2.65. The molecule has 3 N–H and O–H groups in total. The van der Waals surface area contributed by atoms with E-state index in [1.165, 1.54) is 11.3 Å². The zero-order valence-electron chi connectivity index (χ0n) is 9.99. The Bertz CT molecular complexity index is 761. The number of rotatable bonds is 2. The van der Waals surface area contributed by atoms with Gasteiger partial charge < -0.3 is 11.1 Å². The number of nitrogens with one attached hydrogen (secondary N) is 1. The number of nitrogens with zero attached hydrogens (tertiary/aromatic N) is 4. The Labute approximate surface area is 112 Å². The Morgan fingerprint density at radius 2 is 2.37 bits per heavy atom. The molecule has 8 heteroatoms. The summed E-state index contributed by atoms with van der Waals surface area (Å²) in [5.74, 6) is -0.270. The van der Waals surface area contributed by atoms with Crippen molar-refractivity contribution in [2.45, 2.75) is 0 Å². The largest absolute Gasteiger partial charge is 0.397 e. The normalized spacial score (nSPS) is 10.8. The van der Waals surface area contributed by atoms with Crippen LogP contribution in [0, 0.1) is 0 Å². The van der Waals surface area contributed by atoms with E-state index < -0.39 is 0 Å². The van der Waals surface area contributed by atoms with Crippen molar-refractivity contribution in [2.75, 3.05) is 11.1 Å². The van der Waals surface area contributed by atoms with Crippen LogP contribution in [0.5, 0.6) is 0 Å². The van der Waals surface area contributed by atoms with Crippen LogP contribution < -0.4 is 11.1 Å². The van der Waals surface area contributed by atoms with E-state index in [0.29, 0.717) is 21.1 Å². The fraction of sp³-hybridized carbons (Fsp3) is 0.0909. The van der Waals surface area contributed by atoms with Gasteiger partial charge in [-0.3, -0.25) is 9.48 Å². The van der Waals surface area contributed by atoms with Crippen LogP contribution in [0.1, 0.15) is 9.67 Å². The van der Waals surface area contributed by atoms with Gasteiger partial charge in [-0.15, -0.1) is 16.4 Å². The van der Waals surface area contributed by atoms with Crippen molar-refractivity contribution in [2.24, 2.45) is 7.05 Å². The predicted octanol–water partition coefficient (Wildman–Crippen LogP) is 1.26. The average molecular weight is 274 g/mol. The number of nitrogens with two attached hydrogens (primary N) is 1. The molecule has 3 aromatic heterocycles. The number of aryl methyl sites for hydroxylation is 1. The summed E-state index contributed by atoms with van der Waals surface area (Å²) < 4.78 is 1.61. The van der Waals surface area contributed by atoms with E-state index in [2.05, 4.69) is 20.6 Å². The van der Waals surface area contributed by atoms with E-state index in [1.807, 2.05) is 0 Å². The van der Waals surface area contributed by atoms with Gasteiger partial charge >= 0.3 is 0 Å². The minimum absolute atomic E-state index is 0.270. The standard InChI is InChI=1S/C11H10N6OS/c1-17-5-6(4-14-17)15-10(18)9-8(12)7-2-3-13-16-11(7)19-9/h2-5H,12H2,1H3,(H,15,18). The number of anilines is 2. The average Bonchev–Trinajstić information content (AvgIpc) is 2.94. The van der Waals surface area contributed by atoms with Gasteiger partial charge in [0.2, 0.25) is 0 Å². The molecule has 0 fully saturated rings. The summed E-state index contributed by atoms with van der Waals surface area (Å²) in [5.41, 5.74) is 7.01. The molecule has 0 saturated carbocycles. The third kappa shape index (κ3) is 2.02. The van der Waals surface area contributed by atoms with E-state index >= 15 is 0 Å². The first-order valence-corrected chi connectivity index (χ1v) is 6.26. The minimum atomic E-state index is -0.270. The van der Waals surface area contributed by atoms with Crippen molar-refractivity contribution >= 4 is 38.8 Å². The highest BCUT2D eigenvalue weighted by atomic mass is 32.1. The van der Waals surface area contributed by atoms with Crippen LogP contribution >= 0.6 is 11.3 Å². The maximum atomic E-state index is 12.1. The third-order valence-corrected chi connectivity index (χ3v) is 3.69. The van der Waals surface area contributed by atoms with E-state index in [1.54, 1.807) is 36.4 Å². The molecule has 0 aliphatic heterocycles. The number of carbonyl (C=O) groups excluding carboxylic acids is 1. The Morgan fingerprint density at radius 1 is 1.53 bits per heavy atom. The molecule has 96 valence electrons. The van der Waals surface area contributed by atoms with Crippen molar-refractivity contribution in [1.82, 2.24) is 20.0 Å². The molecule has 3 rings (SSSR count). The number of aromatic nitrogens is 4. The molecule has 3 heterocycles. The summed E-state index contributed by atoms with van der Waals surface area (Å²) in [7, 11) is 1.78. The van der Waals surface area contributed by atoms with Crippen molar-refractivity contribution in [3.05, 3.63) is 29.5 Å². The number of hydrogen-bond donors (Lipinski definition) is 2. The summed E-state index contributed by atoms with van der Waals surface area (Å²) in [6.45, 7) is 0. The molecular formula is C11H10N6OS. The summed E-state index contributed by atoms with van der Waals surface area (Å²) >= 11 is 1.22. The van der Waals surface area contributed by atoms with Gasteiger partial charge in [-0.1, -0.05) is 0 Å². The molecule has 0 aliphatic carbocycles. The molecule has 3 aromatic rings. The molecule has 0 saturated heterocycles. The van der Waals surface area contributed by atoms with E-state index in [0.717, 1.165) is 5.39 Å². The molecule has 19 heavy (non-hydrogen) atoms. The highest BCUT2D eigenvalue weighted by Crippen LogP contribution is 2.31. The van der Waals surface area contributed by atoms with Gasteiger partial charge in [-0.25, -0.2) is 0 Å². The van der Waals surface area contributed by atoms with Crippen molar-refractivity contribution in [3.8, 4) is 0 Å². The van der Waals surface area contributed by atoms with Gasteiger partial charge in [0.15, 0.2) is 0 Å². The Hall–Kier alpha value is -2.48. The second kappa shape index (κ2) is 4.32. The number of nitrogen functional groups attached to an aromatic ring is 1. The zero-order valence-corrected chi connectivity index (χ0v) is 10.8. The van der Waals surface area contributed by atoms with Gasteiger partial charge in [-0.05, 0) is 6.07 Å². The maximum absolute atomic E-state index is 12.1. The second-order valence-corrected chi connectivity index (χ2v) is 4.95. The molecule has 0 atom stereocenters. The molecule has 0 spiro atoms. The Balaban J connectivity index is 1.95. The SMILES string of the molecule is Cn1cc(NC(=O)c2sc3nnccc3c2N)cn1. The molecular weight excluding hydrogens is 264 g/mol. The molecule has 0 aromatic carbocycles. The summed E-state index contributed by atoms with van der Waals surface area (Å²) in [6, 6.07) is 1.75. The molecule has 0 unspecified atom stereocenters. The first-order valence-electron chi connectivity index (χ1n) is 5.45.